The predicted molar refractivity (Wildman–Crippen MR) is 101 cm³/mol. The van der Waals surface area contributed by atoms with Gasteiger partial charge < -0.3 is 4.57 Å². The zero-order chi connectivity index (χ0) is 16.1. The minimum atomic E-state index is -0.0968. The second kappa shape index (κ2) is 5.76. The van der Waals surface area contributed by atoms with E-state index in [4.69, 9.17) is 0 Å². The van der Waals surface area contributed by atoms with E-state index in [1.807, 2.05) is 13.0 Å². The number of hydrogen-bond donors (Lipinski definition) is 0. The molecule has 3 nitrogen and oxygen atoms in total. The molecule has 1 aromatic carbocycles. The SMILES string of the molecule is Cc1sc2c(c1C)c(=O)nc1n2C(c2ccccc2)C(Br)CS1. The molecule has 2 aromatic heterocycles. The molecule has 118 valence electrons. The molecule has 0 aliphatic carbocycles. The Labute approximate surface area is 150 Å². The monoisotopic (exact) mass is 406 g/mol. The minimum Gasteiger partial charge on any atom is -0.303 e. The van der Waals surface area contributed by atoms with E-state index in [0.29, 0.717) is 4.83 Å². The first-order chi connectivity index (χ1) is 11.1. The quantitative estimate of drug-likeness (QED) is 0.439. The standard InChI is InChI=1S/C17H15BrN2OS2/c1-9-10(2)23-16-13(9)15(21)19-17-20(16)14(12(18)8-22-17)11-6-4-3-5-7-11/h3-7,12,14H,8H2,1-2H3. The van der Waals surface area contributed by atoms with Crippen molar-refractivity contribution in [1.82, 2.24) is 9.55 Å². The average molecular weight is 407 g/mol. The van der Waals surface area contributed by atoms with Crippen LogP contribution >= 0.6 is 39.0 Å². The van der Waals surface area contributed by atoms with E-state index in [1.165, 1.54) is 10.4 Å². The minimum absolute atomic E-state index is 0.0968. The number of alkyl halides is 1. The van der Waals surface area contributed by atoms with Gasteiger partial charge in [-0.2, -0.15) is 4.98 Å². The molecule has 23 heavy (non-hydrogen) atoms. The molecule has 6 heteroatoms. The number of hydrogen-bond acceptors (Lipinski definition) is 4. The number of thioether (sulfide) groups is 1. The molecule has 2 atom stereocenters. The van der Waals surface area contributed by atoms with Crippen LogP contribution in [0.5, 0.6) is 0 Å². The number of aryl methyl sites for hydroxylation is 2. The van der Waals surface area contributed by atoms with E-state index in [1.54, 1.807) is 23.1 Å². The van der Waals surface area contributed by atoms with Crippen LogP contribution in [0, 0.1) is 13.8 Å². The highest BCUT2D eigenvalue weighted by atomic mass is 79.9. The Kier molecular flexibility index (Phi) is 3.86. The van der Waals surface area contributed by atoms with Crippen LogP contribution in [0.3, 0.4) is 0 Å². The number of fused-ring (bicyclic) bond motifs is 3. The number of nitrogens with zero attached hydrogens (tertiary/aromatic N) is 2. The molecule has 0 N–H and O–H groups in total. The fraction of sp³-hybridized carbons (Fsp3) is 0.294. The van der Waals surface area contributed by atoms with Gasteiger partial charge in [0, 0.05) is 15.5 Å². The van der Waals surface area contributed by atoms with E-state index >= 15 is 0 Å². The first-order valence-electron chi connectivity index (χ1n) is 7.42. The van der Waals surface area contributed by atoms with E-state index in [0.717, 1.165) is 26.7 Å². The average Bonchev–Trinajstić information content (AvgIpc) is 2.85. The lowest BCUT2D eigenvalue weighted by Gasteiger charge is -2.32. The van der Waals surface area contributed by atoms with Gasteiger partial charge in [0.2, 0.25) is 0 Å². The summed E-state index contributed by atoms with van der Waals surface area (Å²) in [5.41, 5.74) is 2.21. The number of halogens is 1. The molecule has 0 saturated heterocycles. The third kappa shape index (κ3) is 2.39. The van der Waals surface area contributed by atoms with Crippen LogP contribution in [0.25, 0.3) is 10.2 Å². The van der Waals surface area contributed by atoms with Crippen molar-refractivity contribution >= 4 is 49.2 Å². The van der Waals surface area contributed by atoms with Crippen LogP contribution in [-0.2, 0) is 0 Å². The van der Waals surface area contributed by atoms with Gasteiger partial charge >= 0.3 is 0 Å². The van der Waals surface area contributed by atoms with Gasteiger partial charge in [-0.05, 0) is 25.0 Å². The van der Waals surface area contributed by atoms with Crippen LogP contribution in [0.15, 0.2) is 40.3 Å². The highest BCUT2D eigenvalue weighted by Gasteiger charge is 2.32. The molecule has 0 radical (unpaired) electrons. The van der Waals surface area contributed by atoms with Crippen molar-refractivity contribution in [1.29, 1.82) is 0 Å². The van der Waals surface area contributed by atoms with Gasteiger partial charge in [-0.1, -0.05) is 58.0 Å². The summed E-state index contributed by atoms with van der Waals surface area (Å²) in [7, 11) is 0. The van der Waals surface area contributed by atoms with Crippen LogP contribution in [-0.4, -0.2) is 20.1 Å². The van der Waals surface area contributed by atoms with Gasteiger partial charge in [0.05, 0.1) is 11.4 Å². The largest absolute Gasteiger partial charge is 0.303 e. The van der Waals surface area contributed by atoms with Gasteiger partial charge in [-0.3, -0.25) is 4.79 Å². The van der Waals surface area contributed by atoms with Gasteiger partial charge in [-0.15, -0.1) is 11.3 Å². The summed E-state index contributed by atoms with van der Waals surface area (Å²) in [6.45, 7) is 4.09. The van der Waals surface area contributed by atoms with Crippen molar-refractivity contribution in [2.45, 2.75) is 29.9 Å². The third-order valence-electron chi connectivity index (χ3n) is 4.34. The molecule has 0 amide bonds. The number of aromatic nitrogens is 2. The highest BCUT2D eigenvalue weighted by molar-refractivity contribution is 9.09. The maximum atomic E-state index is 12.5. The summed E-state index contributed by atoms with van der Waals surface area (Å²) < 4.78 is 2.25. The second-order valence-corrected chi connectivity index (χ2v) is 9.08. The predicted octanol–water partition coefficient (Wildman–Crippen LogP) is 4.53. The lowest BCUT2D eigenvalue weighted by atomic mass is 10.0. The zero-order valence-corrected chi connectivity index (χ0v) is 16.0. The molecular weight excluding hydrogens is 392 g/mol. The molecule has 1 aliphatic heterocycles. The van der Waals surface area contributed by atoms with E-state index in [-0.39, 0.29) is 11.6 Å². The molecule has 3 aromatic rings. The zero-order valence-electron chi connectivity index (χ0n) is 12.7. The molecule has 0 saturated carbocycles. The van der Waals surface area contributed by atoms with E-state index in [9.17, 15) is 4.79 Å². The maximum Gasteiger partial charge on any atom is 0.282 e. The summed E-state index contributed by atoms with van der Waals surface area (Å²) in [5, 5.41) is 1.60. The van der Waals surface area contributed by atoms with Gasteiger partial charge in [0.25, 0.3) is 5.56 Å². The van der Waals surface area contributed by atoms with Crippen LogP contribution in [0.4, 0.5) is 0 Å². The van der Waals surface area contributed by atoms with Crippen molar-refractivity contribution in [3.8, 4) is 0 Å². The Morgan fingerprint density at radius 1 is 1.26 bits per heavy atom. The van der Waals surface area contributed by atoms with E-state index < -0.39 is 0 Å². The molecule has 0 spiro atoms. The summed E-state index contributed by atoms with van der Waals surface area (Å²) in [4.78, 5) is 19.4. The lowest BCUT2D eigenvalue weighted by Crippen LogP contribution is -2.31. The normalized spacial score (nSPS) is 20.7. The van der Waals surface area contributed by atoms with Crippen LogP contribution in [0.1, 0.15) is 22.0 Å². The number of rotatable bonds is 1. The van der Waals surface area contributed by atoms with Crippen LogP contribution in [0.2, 0.25) is 0 Å². The van der Waals surface area contributed by atoms with E-state index in [2.05, 4.69) is 56.7 Å². The van der Waals surface area contributed by atoms with Crippen molar-refractivity contribution in [3.63, 3.8) is 0 Å². The van der Waals surface area contributed by atoms with Gasteiger partial charge in [0.1, 0.15) is 4.83 Å². The first-order valence-corrected chi connectivity index (χ1v) is 10.1. The Morgan fingerprint density at radius 2 is 2.00 bits per heavy atom. The summed E-state index contributed by atoms with van der Waals surface area (Å²) in [6.07, 6.45) is 0. The summed E-state index contributed by atoms with van der Waals surface area (Å²) in [5.74, 6) is 0.904. The van der Waals surface area contributed by atoms with Gasteiger partial charge in [-0.25, -0.2) is 0 Å². The van der Waals surface area contributed by atoms with Gasteiger partial charge in [0.15, 0.2) is 5.16 Å². The molecule has 0 fully saturated rings. The van der Waals surface area contributed by atoms with Crippen molar-refractivity contribution in [2.24, 2.45) is 0 Å². The molecule has 4 rings (SSSR count). The summed E-state index contributed by atoms with van der Waals surface area (Å²) >= 11 is 7.20. The molecule has 3 heterocycles. The highest BCUT2D eigenvalue weighted by Crippen LogP contribution is 2.42. The number of thiophene rings is 1. The third-order valence-corrected chi connectivity index (χ3v) is 7.87. The second-order valence-electron chi connectivity index (χ2n) is 5.72. The summed E-state index contributed by atoms with van der Waals surface area (Å²) in [6, 6.07) is 10.6. The topological polar surface area (TPSA) is 34.9 Å². The molecule has 0 bridgehead atoms. The van der Waals surface area contributed by atoms with Crippen molar-refractivity contribution in [3.05, 3.63) is 56.7 Å². The Hall–Kier alpha value is -1.11. The maximum absolute atomic E-state index is 12.5. The molecule has 2 unspecified atom stereocenters. The fourth-order valence-electron chi connectivity index (χ4n) is 3.08. The lowest BCUT2D eigenvalue weighted by molar-refractivity contribution is 0.531. The Bertz CT molecular complexity index is 949. The molecular formula is C17H15BrN2OS2. The molecule has 1 aliphatic rings. The van der Waals surface area contributed by atoms with Crippen molar-refractivity contribution < 1.29 is 0 Å². The fourth-order valence-corrected chi connectivity index (χ4v) is 6.24. The first kappa shape index (κ1) is 15.4. The Morgan fingerprint density at radius 3 is 2.74 bits per heavy atom. The van der Waals surface area contributed by atoms with Crippen LogP contribution < -0.4 is 5.56 Å². The van der Waals surface area contributed by atoms with Crippen molar-refractivity contribution in [2.75, 3.05) is 5.75 Å². The smallest absolute Gasteiger partial charge is 0.282 e. The Balaban J connectivity index is 2.08. The number of benzene rings is 1.